The van der Waals surface area contributed by atoms with Gasteiger partial charge in [0.1, 0.15) is 11.4 Å². The van der Waals surface area contributed by atoms with Gasteiger partial charge in [-0.15, -0.1) is 0 Å². The van der Waals surface area contributed by atoms with Crippen molar-refractivity contribution in [1.82, 2.24) is 9.97 Å². The van der Waals surface area contributed by atoms with Crippen molar-refractivity contribution in [1.29, 1.82) is 0 Å². The number of carboxylic acids is 1. The van der Waals surface area contributed by atoms with Crippen molar-refractivity contribution in [3.05, 3.63) is 58.6 Å². The molecule has 1 saturated carbocycles. The summed E-state index contributed by atoms with van der Waals surface area (Å²) in [5, 5.41) is 9.30. The van der Waals surface area contributed by atoms with E-state index in [9.17, 15) is 18.0 Å². The summed E-state index contributed by atoms with van der Waals surface area (Å²) in [5.74, 6) is -0.464. The van der Waals surface area contributed by atoms with Gasteiger partial charge < -0.3 is 9.84 Å². The topological polar surface area (TPSA) is 72.3 Å². The molecule has 28 heavy (non-hydrogen) atoms. The first-order valence-electron chi connectivity index (χ1n) is 8.37. The van der Waals surface area contributed by atoms with Gasteiger partial charge in [0.25, 0.3) is 5.19 Å². The zero-order chi connectivity index (χ0) is 19.9. The number of halogens is 3. The van der Waals surface area contributed by atoms with Gasteiger partial charge >= 0.3 is 12.1 Å². The molecule has 0 bridgehead atoms. The smallest absolute Gasteiger partial charge is 0.416 e. The molecule has 0 saturated heterocycles. The number of carboxylic acid groups (broad SMARTS) is 1. The molecule has 4 rings (SSSR count). The Balaban J connectivity index is 1.61. The molecule has 0 radical (unpaired) electrons. The molecular formula is C19H13F3N2O3S. The van der Waals surface area contributed by atoms with Crippen LogP contribution in [0.3, 0.4) is 0 Å². The largest absolute Gasteiger partial charge is 0.478 e. The maximum absolute atomic E-state index is 12.7. The van der Waals surface area contributed by atoms with Gasteiger partial charge in [-0.25, -0.2) is 9.78 Å². The molecule has 0 aliphatic heterocycles. The van der Waals surface area contributed by atoms with Crippen molar-refractivity contribution < 1.29 is 27.8 Å². The molecule has 0 amide bonds. The molecule has 9 heteroatoms. The summed E-state index contributed by atoms with van der Waals surface area (Å²) < 4.78 is 43.7. The van der Waals surface area contributed by atoms with Gasteiger partial charge in [-0.3, -0.25) is 4.98 Å². The fraction of sp³-hybridized carbons (Fsp3) is 0.211. The molecule has 0 atom stereocenters. The molecule has 1 aliphatic rings. The third-order valence-corrected chi connectivity index (χ3v) is 5.32. The van der Waals surface area contributed by atoms with Gasteiger partial charge in [0.15, 0.2) is 0 Å². The van der Waals surface area contributed by atoms with Crippen LogP contribution in [0.2, 0.25) is 0 Å². The van der Waals surface area contributed by atoms with E-state index in [1.807, 2.05) is 0 Å². The van der Waals surface area contributed by atoms with Crippen molar-refractivity contribution in [2.75, 3.05) is 0 Å². The number of alkyl halides is 3. The Kier molecular flexibility index (Phi) is 4.54. The first kappa shape index (κ1) is 18.4. The number of hydrogen-bond donors (Lipinski definition) is 1. The third-order valence-electron chi connectivity index (χ3n) is 4.22. The molecule has 0 spiro atoms. The van der Waals surface area contributed by atoms with E-state index in [2.05, 4.69) is 9.97 Å². The number of aromatic carboxylic acids is 1. The molecule has 2 heterocycles. The summed E-state index contributed by atoms with van der Waals surface area (Å²) >= 11 is 1.33. The van der Waals surface area contributed by atoms with Crippen molar-refractivity contribution in [2.24, 2.45) is 0 Å². The highest BCUT2D eigenvalue weighted by Crippen LogP contribution is 2.49. The normalized spacial score (nSPS) is 14.1. The lowest BCUT2D eigenvalue weighted by molar-refractivity contribution is -0.137. The van der Waals surface area contributed by atoms with E-state index in [4.69, 9.17) is 9.84 Å². The number of benzene rings is 1. The second-order valence-electron chi connectivity index (χ2n) is 6.33. The molecule has 0 unspecified atom stereocenters. The van der Waals surface area contributed by atoms with E-state index < -0.39 is 17.7 Å². The third kappa shape index (κ3) is 3.84. The minimum atomic E-state index is -4.40. The van der Waals surface area contributed by atoms with Crippen molar-refractivity contribution in [2.45, 2.75) is 24.9 Å². The van der Waals surface area contributed by atoms with Crippen LogP contribution in [-0.2, 0) is 6.18 Å². The number of carbonyl (C=O) groups is 1. The monoisotopic (exact) mass is 406 g/mol. The van der Waals surface area contributed by atoms with Crippen molar-refractivity contribution in [3.8, 4) is 22.3 Å². The van der Waals surface area contributed by atoms with Crippen molar-refractivity contribution >= 4 is 17.3 Å². The zero-order valence-corrected chi connectivity index (χ0v) is 15.0. The predicted octanol–water partition coefficient (Wildman–Crippen LogP) is 5.59. The summed E-state index contributed by atoms with van der Waals surface area (Å²) in [7, 11) is 0. The van der Waals surface area contributed by atoms with E-state index in [0.29, 0.717) is 22.5 Å². The molecule has 1 aromatic carbocycles. The quantitative estimate of drug-likeness (QED) is 0.598. The number of ether oxygens (including phenoxy) is 1. The minimum absolute atomic E-state index is 0.0770. The molecule has 1 N–H and O–H groups in total. The standard InChI is InChI=1S/C19H13F3N2O3S/c20-19(21,22)12-4-6-13(7-5-12)27-18-24-15(16(28-18)10-1-2-10)14-8-3-11(9-23-14)17(25)26/h3-10H,1-2H2,(H,25,26). The zero-order valence-electron chi connectivity index (χ0n) is 14.2. The Labute approximate surface area is 161 Å². The van der Waals surface area contributed by atoms with E-state index in [1.54, 1.807) is 6.07 Å². The number of pyridine rings is 1. The maximum atomic E-state index is 12.7. The van der Waals surface area contributed by atoms with Gasteiger partial charge in [0, 0.05) is 11.1 Å². The van der Waals surface area contributed by atoms with E-state index >= 15 is 0 Å². The number of thiazole rings is 1. The highest BCUT2D eigenvalue weighted by molar-refractivity contribution is 7.14. The van der Waals surface area contributed by atoms with E-state index in [1.165, 1.54) is 35.7 Å². The Bertz CT molecular complexity index is 1010. The highest BCUT2D eigenvalue weighted by atomic mass is 32.1. The van der Waals surface area contributed by atoms with Crippen LogP contribution in [0.4, 0.5) is 13.2 Å². The first-order chi connectivity index (χ1) is 13.3. The summed E-state index contributed by atoms with van der Waals surface area (Å²) in [6.07, 6.45) is -1.10. The molecular weight excluding hydrogens is 393 g/mol. The van der Waals surface area contributed by atoms with Gasteiger partial charge in [0.05, 0.1) is 16.8 Å². The van der Waals surface area contributed by atoms with Crippen LogP contribution in [0, 0.1) is 0 Å². The predicted molar refractivity (Wildman–Crippen MR) is 95.8 cm³/mol. The van der Waals surface area contributed by atoms with Crippen LogP contribution in [0.5, 0.6) is 10.9 Å². The number of hydrogen-bond acceptors (Lipinski definition) is 5. The van der Waals surface area contributed by atoms with E-state index in [0.717, 1.165) is 29.9 Å². The fourth-order valence-corrected chi connectivity index (χ4v) is 3.75. The van der Waals surface area contributed by atoms with Gasteiger partial charge in [-0.1, -0.05) is 11.3 Å². The Morgan fingerprint density at radius 3 is 2.39 bits per heavy atom. The average molecular weight is 406 g/mol. The van der Waals surface area contributed by atoms with Crippen molar-refractivity contribution in [3.63, 3.8) is 0 Å². The number of rotatable bonds is 5. The minimum Gasteiger partial charge on any atom is -0.478 e. The number of aromatic nitrogens is 2. The van der Waals surface area contributed by atoms with Crippen LogP contribution < -0.4 is 4.74 Å². The molecule has 3 aromatic rings. The molecule has 5 nitrogen and oxygen atoms in total. The molecule has 144 valence electrons. The number of nitrogens with zero attached hydrogens (tertiary/aromatic N) is 2. The first-order valence-corrected chi connectivity index (χ1v) is 9.18. The summed E-state index contributed by atoms with van der Waals surface area (Å²) in [6.45, 7) is 0. The Morgan fingerprint density at radius 2 is 1.86 bits per heavy atom. The van der Waals surface area contributed by atoms with Gasteiger partial charge in [0.2, 0.25) is 0 Å². The summed E-state index contributed by atoms with van der Waals surface area (Å²) in [5.41, 5.74) is 0.478. The SMILES string of the molecule is O=C(O)c1ccc(-c2nc(Oc3ccc(C(F)(F)F)cc3)sc2C2CC2)nc1. The maximum Gasteiger partial charge on any atom is 0.416 e. The fourth-order valence-electron chi connectivity index (χ4n) is 2.63. The van der Waals surface area contributed by atoms with Gasteiger partial charge in [-0.05, 0) is 55.2 Å². The molecule has 1 aliphatic carbocycles. The van der Waals surface area contributed by atoms with Crippen LogP contribution in [0.15, 0.2) is 42.6 Å². The lowest BCUT2D eigenvalue weighted by Gasteiger charge is -2.07. The van der Waals surface area contributed by atoms with Crippen LogP contribution in [0.25, 0.3) is 11.4 Å². The van der Waals surface area contributed by atoms with Crippen LogP contribution >= 0.6 is 11.3 Å². The highest BCUT2D eigenvalue weighted by Gasteiger charge is 2.32. The van der Waals surface area contributed by atoms with Gasteiger partial charge in [-0.2, -0.15) is 13.2 Å². The molecule has 1 fully saturated rings. The molecule has 2 aromatic heterocycles. The second kappa shape index (κ2) is 6.90. The lowest BCUT2D eigenvalue weighted by Crippen LogP contribution is -2.03. The Morgan fingerprint density at radius 1 is 1.14 bits per heavy atom. The Hall–Kier alpha value is -2.94. The average Bonchev–Trinajstić information content (AvgIpc) is 3.42. The van der Waals surface area contributed by atoms with Crippen LogP contribution in [-0.4, -0.2) is 21.0 Å². The lowest BCUT2D eigenvalue weighted by atomic mass is 10.2. The van der Waals surface area contributed by atoms with E-state index in [-0.39, 0.29) is 11.3 Å². The summed E-state index contributed by atoms with van der Waals surface area (Å²) in [6, 6.07) is 7.46. The van der Waals surface area contributed by atoms with Crippen LogP contribution in [0.1, 0.15) is 39.6 Å². The summed E-state index contributed by atoms with van der Waals surface area (Å²) in [4.78, 5) is 20.6. The second-order valence-corrected chi connectivity index (χ2v) is 7.32.